The average molecular weight is 352 g/mol. The van der Waals surface area contributed by atoms with Crippen molar-refractivity contribution < 1.29 is 14.7 Å². The Bertz CT molecular complexity index is 518. The van der Waals surface area contributed by atoms with Crippen molar-refractivity contribution in [1.29, 1.82) is 0 Å². The molecule has 0 radical (unpaired) electrons. The van der Waals surface area contributed by atoms with E-state index in [4.69, 9.17) is 5.73 Å². The fourth-order valence-electron chi connectivity index (χ4n) is 4.22. The number of nitrogens with one attached hydrogen (secondary N) is 1. The molecule has 0 unspecified atom stereocenters. The minimum Gasteiger partial charge on any atom is -0.478 e. The van der Waals surface area contributed by atoms with Crippen LogP contribution in [0.1, 0.15) is 40.0 Å². The highest BCUT2D eigenvalue weighted by atomic mass is 16.4. The molecule has 4 N–H and O–H groups in total. The number of likely N-dealkylation sites (N-methyl/N-ethyl adjacent to an activating group) is 1. The summed E-state index contributed by atoms with van der Waals surface area (Å²) >= 11 is 0. The van der Waals surface area contributed by atoms with Gasteiger partial charge in [-0.25, -0.2) is 4.79 Å². The van der Waals surface area contributed by atoms with E-state index in [9.17, 15) is 14.7 Å². The summed E-state index contributed by atoms with van der Waals surface area (Å²) in [4.78, 5) is 27.9. The van der Waals surface area contributed by atoms with Crippen molar-refractivity contribution in [2.75, 3.05) is 26.2 Å². The summed E-state index contributed by atoms with van der Waals surface area (Å²) < 4.78 is 0. The molecule has 1 aliphatic carbocycles. The lowest BCUT2D eigenvalue weighted by molar-refractivity contribution is -0.133. The number of carbonyl (C=O) groups is 2. The van der Waals surface area contributed by atoms with Crippen molar-refractivity contribution in [3.8, 4) is 0 Å². The predicted molar refractivity (Wildman–Crippen MR) is 97.2 cm³/mol. The third-order valence-electron chi connectivity index (χ3n) is 5.48. The van der Waals surface area contributed by atoms with Crippen LogP contribution in [0.25, 0.3) is 0 Å². The number of nitrogens with zero attached hydrogens (tertiary/aromatic N) is 2. The molecule has 4 atom stereocenters. The Labute approximate surface area is 150 Å². The molecule has 0 aromatic heterocycles. The van der Waals surface area contributed by atoms with Gasteiger partial charge in [-0.3, -0.25) is 14.6 Å². The molecular weight excluding hydrogens is 320 g/mol. The second-order valence-corrected chi connectivity index (χ2v) is 7.09. The van der Waals surface area contributed by atoms with Crippen LogP contribution in [-0.2, 0) is 9.59 Å². The van der Waals surface area contributed by atoms with Gasteiger partial charge in [0.2, 0.25) is 5.91 Å². The molecule has 1 heterocycles. The summed E-state index contributed by atoms with van der Waals surface area (Å²) in [6, 6.07) is -0.353. The number of rotatable bonds is 6. The van der Waals surface area contributed by atoms with Crippen LogP contribution >= 0.6 is 0 Å². The molecule has 0 aromatic carbocycles. The first-order valence-electron chi connectivity index (χ1n) is 9.32. The summed E-state index contributed by atoms with van der Waals surface area (Å²) in [5.74, 6) is -1.05. The fraction of sp³-hybridized carbons (Fsp3) is 0.778. The molecule has 2 aliphatic rings. The number of hydrogen-bond donors (Lipinski definition) is 3. The van der Waals surface area contributed by atoms with Gasteiger partial charge in [0.1, 0.15) is 0 Å². The van der Waals surface area contributed by atoms with E-state index in [1.54, 1.807) is 6.08 Å². The lowest BCUT2D eigenvalue weighted by Gasteiger charge is -2.46. The van der Waals surface area contributed by atoms with E-state index in [1.807, 2.05) is 0 Å². The molecule has 0 saturated carbocycles. The van der Waals surface area contributed by atoms with Crippen molar-refractivity contribution in [2.24, 2.45) is 5.73 Å². The number of aliphatic carboxylic acids is 1. The Morgan fingerprint density at radius 2 is 2.08 bits per heavy atom. The Hall–Kier alpha value is -1.44. The van der Waals surface area contributed by atoms with E-state index in [0.29, 0.717) is 11.6 Å². The molecule has 1 fully saturated rings. The van der Waals surface area contributed by atoms with Gasteiger partial charge in [0.05, 0.1) is 12.1 Å². The van der Waals surface area contributed by atoms with E-state index in [0.717, 1.165) is 39.0 Å². The summed E-state index contributed by atoms with van der Waals surface area (Å²) in [6.07, 6.45) is 4.30. The van der Waals surface area contributed by atoms with Gasteiger partial charge in [-0.05, 0) is 38.9 Å². The maximum absolute atomic E-state index is 11.6. The average Bonchev–Trinajstić information content (AvgIpc) is 2.57. The molecule has 1 saturated heterocycles. The monoisotopic (exact) mass is 352 g/mol. The van der Waals surface area contributed by atoms with Crippen molar-refractivity contribution in [3.05, 3.63) is 11.6 Å². The van der Waals surface area contributed by atoms with Crippen LogP contribution in [-0.4, -0.2) is 77.1 Å². The van der Waals surface area contributed by atoms with Crippen LogP contribution in [0.15, 0.2) is 11.6 Å². The van der Waals surface area contributed by atoms with Crippen molar-refractivity contribution >= 4 is 11.9 Å². The molecule has 7 nitrogen and oxygen atoms in total. The van der Waals surface area contributed by atoms with Gasteiger partial charge in [0, 0.05) is 31.1 Å². The Morgan fingerprint density at radius 3 is 2.64 bits per heavy atom. The zero-order chi connectivity index (χ0) is 18.6. The molecule has 2 rings (SSSR count). The highest BCUT2D eigenvalue weighted by molar-refractivity contribution is 5.87. The second kappa shape index (κ2) is 8.78. The second-order valence-electron chi connectivity index (χ2n) is 7.09. The van der Waals surface area contributed by atoms with Crippen molar-refractivity contribution in [2.45, 2.75) is 64.2 Å². The van der Waals surface area contributed by atoms with Crippen LogP contribution in [0.5, 0.6) is 0 Å². The standard InChI is InChI=1S/C18H32N4O3/c1-4-21(5-2)14-7-6-8-22(11-14)16-10-13(18(24)25)9-15(19)17(16)20-12(3)23/h10,14-17H,4-9,11,19H2,1-3H3,(H,20,23)(H,24,25)/t14-,15-,16+,17+/m0/s1. The van der Waals surface area contributed by atoms with E-state index in [2.05, 4.69) is 29.0 Å². The van der Waals surface area contributed by atoms with Gasteiger partial charge < -0.3 is 16.2 Å². The smallest absolute Gasteiger partial charge is 0.331 e. The summed E-state index contributed by atoms with van der Waals surface area (Å²) in [6.45, 7) is 9.60. The number of carbonyl (C=O) groups excluding carboxylic acids is 1. The zero-order valence-electron chi connectivity index (χ0n) is 15.6. The predicted octanol–water partition coefficient (Wildman–Crippen LogP) is 0.408. The first-order valence-corrected chi connectivity index (χ1v) is 9.32. The number of amides is 1. The Balaban J connectivity index is 2.24. The zero-order valence-corrected chi connectivity index (χ0v) is 15.6. The fourth-order valence-corrected chi connectivity index (χ4v) is 4.22. The van der Waals surface area contributed by atoms with Crippen LogP contribution in [0.2, 0.25) is 0 Å². The van der Waals surface area contributed by atoms with Gasteiger partial charge >= 0.3 is 5.97 Å². The lowest BCUT2D eigenvalue weighted by atomic mass is 9.85. The van der Waals surface area contributed by atoms with Crippen molar-refractivity contribution in [3.63, 3.8) is 0 Å². The minimum absolute atomic E-state index is 0.130. The molecule has 1 amide bonds. The van der Waals surface area contributed by atoms with E-state index < -0.39 is 5.97 Å². The largest absolute Gasteiger partial charge is 0.478 e. The van der Waals surface area contributed by atoms with E-state index >= 15 is 0 Å². The maximum Gasteiger partial charge on any atom is 0.331 e. The van der Waals surface area contributed by atoms with Gasteiger partial charge in [-0.15, -0.1) is 0 Å². The van der Waals surface area contributed by atoms with Crippen LogP contribution in [0.3, 0.4) is 0 Å². The van der Waals surface area contributed by atoms with Gasteiger partial charge in [0.15, 0.2) is 0 Å². The molecule has 25 heavy (non-hydrogen) atoms. The number of piperidine rings is 1. The van der Waals surface area contributed by atoms with Gasteiger partial charge in [-0.2, -0.15) is 0 Å². The summed E-state index contributed by atoms with van der Waals surface area (Å²) in [7, 11) is 0. The molecule has 1 aliphatic heterocycles. The van der Waals surface area contributed by atoms with Crippen LogP contribution in [0.4, 0.5) is 0 Å². The van der Waals surface area contributed by atoms with Crippen LogP contribution < -0.4 is 11.1 Å². The van der Waals surface area contributed by atoms with Crippen molar-refractivity contribution in [1.82, 2.24) is 15.1 Å². The van der Waals surface area contributed by atoms with Gasteiger partial charge in [0.25, 0.3) is 0 Å². The summed E-state index contributed by atoms with van der Waals surface area (Å²) in [5.41, 5.74) is 6.59. The molecule has 0 spiro atoms. The Morgan fingerprint density at radius 1 is 1.40 bits per heavy atom. The first-order chi connectivity index (χ1) is 11.9. The quantitative estimate of drug-likeness (QED) is 0.640. The van der Waals surface area contributed by atoms with Gasteiger partial charge in [-0.1, -0.05) is 19.9 Å². The number of hydrogen-bond acceptors (Lipinski definition) is 5. The number of likely N-dealkylation sites (tertiary alicyclic amines) is 1. The number of nitrogens with two attached hydrogens (primary N) is 1. The third kappa shape index (κ3) is 4.80. The van der Waals surface area contributed by atoms with E-state index in [-0.39, 0.29) is 30.5 Å². The Kier molecular flexibility index (Phi) is 6.98. The maximum atomic E-state index is 11.6. The number of carboxylic acid groups (broad SMARTS) is 1. The highest BCUT2D eigenvalue weighted by Gasteiger charge is 2.39. The highest BCUT2D eigenvalue weighted by Crippen LogP contribution is 2.26. The number of carboxylic acids is 1. The molecule has 7 heteroatoms. The SMILES string of the molecule is CCN(CC)[C@H]1CCCN([C@@H]2C=C(C(=O)O)C[C@H](N)[C@H]2NC(C)=O)C1. The lowest BCUT2D eigenvalue weighted by Crippen LogP contribution is -2.63. The first kappa shape index (κ1) is 19.9. The normalized spacial score (nSPS) is 30.8. The minimum atomic E-state index is -0.918. The topological polar surface area (TPSA) is 98.9 Å². The molecular formula is C18H32N4O3. The molecule has 0 bridgehead atoms. The molecule has 0 aromatic rings. The third-order valence-corrected chi connectivity index (χ3v) is 5.48. The van der Waals surface area contributed by atoms with E-state index in [1.165, 1.54) is 6.92 Å². The summed E-state index contributed by atoms with van der Waals surface area (Å²) in [5, 5.41) is 12.4. The molecule has 142 valence electrons. The van der Waals surface area contributed by atoms with Crippen LogP contribution in [0, 0.1) is 0 Å².